The van der Waals surface area contributed by atoms with E-state index in [4.69, 9.17) is 4.42 Å². The molecule has 0 saturated carbocycles. The van der Waals surface area contributed by atoms with E-state index < -0.39 is 0 Å². The fraction of sp³-hybridized carbons (Fsp3) is 0.400. The predicted octanol–water partition coefficient (Wildman–Crippen LogP) is 2.98. The summed E-state index contributed by atoms with van der Waals surface area (Å²) in [5.41, 5.74) is 5.18. The van der Waals surface area contributed by atoms with Crippen molar-refractivity contribution < 1.29 is 14.0 Å². The number of carbonyl (C=O) groups is 2. The van der Waals surface area contributed by atoms with E-state index in [0.29, 0.717) is 17.9 Å². The fourth-order valence-corrected chi connectivity index (χ4v) is 3.06. The summed E-state index contributed by atoms with van der Waals surface area (Å²) in [5.74, 6) is 0.490. The van der Waals surface area contributed by atoms with Crippen LogP contribution in [-0.4, -0.2) is 28.6 Å². The molecule has 1 atom stereocenters. The van der Waals surface area contributed by atoms with Gasteiger partial charge in [0.2, 0.25) is 0 Å². The van der Waals surface area contributed by atoms with Gasteiger partial charge in [0, 0.05) is 29.8 Å². The molecule has 1 aliphatic rings. The van der Waals surface area contributed by atoms with E-state index in [1.54, 1.807) is 24.4 Å². The van der Waals surface area contributed by atoms with Gasteiger partial charge >= 0.3 is 0 Å². The van der Waals surface area contributed by atoms with E-state index in [2.05, 4.69) is 20.8 Å². The number of hydrogen-bond acceptors (Lipinski definition) is 5. The van der Waals surface area contributed by atoms with Gasteiger partial charge in [-0.1, -0.05) is 13.0 Å². The van der Waals surface area contributed by atoms with Gasteiger partial charge in [-0.15, -0.1) is 0 Å². The van der Waals surface area contributed by atoms with Crippen molar-refractivity contribution in [3.8, 4) is 0 Å². The molecule has 0 bridgehead atoms. The number of aryl methyl sites for hydroxylation is 1. The molecular weight excluding hydrogens is 344 g/mol. The molecule has 7 heteroatoms. The number of aromatic nitrogens is 1. The standard InChI is InChI=1S/C20H24N4O3/c1-4-12(2)22-20(26)18-13(3)17-14(9-7-10-16(17)27-18)23-24-19(25)15-8-5-6-11-21-15/h5-6,8,11-12H,4,7,9-10H2,1-3H3,(H,22,26)(H,24,25)/b23-14+. The maximum absolute atomic E-state index is 12.5. The molecule has 0 spiro atoms. The molecule has 0 aromatic carbocycles. The molecule has 0 aliphatic heterocycles. The second-order valence-electron chi connectivity index (χ2n) is 6.71. The molecule has 2 heterocycles. The zero-order valence-electron chi connectivity index (χ0n) is 15.8. The average molecular weight is 368 g/mol. The molecule has 0 fully saturated rings. The van der Waals surface area contributed by atoms with Crippen molar-refractivity contribution in [2.45, 2.75) is 52.5 Å². The maximum atomic E-state index is 12.5. The highest BCUT2D eigenvalue weighted by atomic mass is 16.4. The van der Waals surface area contributed by atoms with E-state index in [0.717, 1.165) is 41.9 Å². The highest BCUT2D eigenvalue weighted by Crippen LogP contribution is 2.29. The number of nitrogens with zero attached hydrogens (tertiary/aromatic N) is 2. The number of nitrogens with one attached hydrogen (secondary N) is 2. The van der Waals surface area contributed by atoms with Gasteiger partial charge < -0.3 is 9.73 Å². The summed E-state index contributed by atoms with van der Waals surface area (Å²) in [4.78, 5) is 28.7. The Balaban J connectivity index is 1.83. The fourth-order valence-electron chi connectivity index (χ4n) is 3.06. The van der Waals surface area contributed by atoms with Gasteiger partial charge in [-0.2, -0.15) is 5.10 Å². The average Bonchev–Trinajstić information content (AvgIpc) is 3.04. The molecule has 1 aliphatic carbocycles. The third-order valence-electron chi connectivity index (χ3n) is 4.71. The van der Waals surface area contributed by atoms with Crippen LogP contribution in [-0.2, 0) is 6.42 Å². The second-order valence-corrected chi connectivity index (χ2v) is 6.71. The quantitative estimate of drug-likeness (QED) is 0.793. The first-order valence-corrected chi connectivity index (χ1v) is 9.22. The lowest BCUT2D eigenvalue weighted by molar-refractivity contribution is 0.0907. The van der Waals surface area contributed by atoms with Gasteiger partial charge in [-0.3, -0.25) is 14.6 Å². The van der Waals surface area contributed by atoms with Gasteiger partial charge in [-0.25, -0.2) is 5.43 Å². The third kappa shape index (κ3) is 4.07. The Bertz CT molecular complexity index is 871. The van der Waals surface area contributed by atoms with E-state index in [9.17, 15) is 9.59 Å². The lowest BCUT2D eigenvalue weighted by atomic mass is 9.93. The number of amides is 2. The Hall–Kier alpha value is -2.96. The lowest BCUT2D eigenvalue weighted by Crippen LogP contribution is -2.32. The smallest absolute Gasteiger partial charge is 0.289 e. The van der Waals surface area contributed by atoms with E-state index in [1.807, 2.05) is 20.8 Å². The van der Waals surface area contributed by atoms with Crippen molar-refractivity contribution >= 4 is 17.5 Å². The van der Waals surface area contributed by atoms with Crippen LogP contribution in [0, 0.1) is 6.92 Å². The molecule has 0 saturated heterocycles. The molecule has 142 valence electrons. The highest BCUT2D eigenvalue weighted by Gasteiger charge is 2.28. The van der Waals surface area contributed by atoms with Gasteiger partial charge in [0.25, 0.3) is 11.8 Å². The van der Waals surface area contributed by atoms with Gasteiger partial charge in [0.1, 0.15) is 11.5 Å². The molecule has 27 heavy (non-hydrogen) atoms. The van der Waals surface area contributed by atoms with Crippen LogP contribution in [0.5, 0.6) is 0 Å². The topological polar surface area (TPSA) is 96.6 Å². The van der Waals surface area contributed by atoms with Gasteiger partial charge in [0.05, 0.1) is 5.71 Å². The molecule has 2 aromatic heterocycles. The summed E-state index contributed by atoms with van der Waals surface area (Å²) in [6.07, 6.45) is 4.72. The van der Waals surface area contributed by atoms with Crippen LogP contribution in [0.15, 0.2) is 33.9 Å². The first-order chi connectivity index (χ1) is 13.0. The predicted molar refractivity (Wildman–Crippen MR) is 102 cm³/mol. The van der Waals surface area contributed by atoms with E-state index in [-0.39, 0.29) is 17.9 Å². The van der Waals surface area contributed by atoms with Crippen LogP contribution in [0.2, 0.25) is 0 Å². The molecule has 1 unspecified atom stereocenters. The first kappa shape index (κ1) is 18.8. The number of hydrazone groups is 1. The zero-order valence-corrected chi connectivity index (χ0v) is 15.8. The van der Waals surface area contributed by atoms with E-state index in [1.165, 1.54) is 0 Å². The number of carbonyl (C=O) groups excluding carboxylic acids is 2. The first-order valence-electron chi connectivity index (χ1n) is 9.22. The van der Waals surface area contributed by atoms with Crippen molar-refractivity contribution in [2.75, 3.05) is 0 Å². The van der Waals surface area contributed by atoms with Gasteiger partial charge in [-0.05, 0) is 45.2 Å². The van der Waals surface area contributed by atoms with E-state index >= 15 is 0 Å². The Morgan fingerprint density at radius 2 is 2.11 bits per heavy atom. The number of furan rings is 1. The van der Waals surface area contributed by atoms with Crippen molar-refractivity contribution in [1.29, 1.82) is 0 Å². The minimum absolute atomic E-state index is 0.0739. The number of rotatable bonds is 5. The van der Waals surface area contributed by atoms with Crippen LogP contribution in [0.4, 0.5) is 0 Å². The molecular formula is C20H24N4O3. The Morgan fingerprint density at radius 3 is 2.81 bits per heavy atom. The largest absolute Gasteiger partial charge is 0.455 e. The molecule has 2 N–H and O–H groups in total. The lowest BCUT2D eigenvalue weighted by Gasteiger charge is -2.13. The Morgan fingerprint density at radius 1 is 1.30 bits per heavy atom. The Labute approximate surface area is 158 Å². The van der Waals surface area contributed by atoms with Gasteiger partial charge in [0.15, 0.2) is 5.76 Å². The third-order valence-corrected chi connectivity index (χ3v) is 4.71. The number of fused-ring (bicyclic) bond motifs is 1. The molecule has 0 radical (unpaired) electrons. The summed E-state index contributed by atoms with van der Waals surface area (Å²) in [7, 11) is 0. The maximum Gasteiger partial charge on any atom is 0.289 e. The SMILES string of the molecule is CCC(C)NC(=O)c1oc2c(c1C)/C(=N/NC(=O)c1ccccn1)CCC2. The van der Waals surface area contributed by atoms with Crippen molar-refractivity contribution in [2.24, 2.45) is 5.10 Å². The van der Waals surface area contributed by atoms with Crippen LogP contribution < -0.4 is 10.7 Å². The monoisotopic (exact) mass is 368 g/mol. The van der Waals surface area contributed by atoms with Crippen LogP contribution in [0.1, 0.15) is 71.0 Å². The summed E-state index contributed by atoms with van der Waals surface area (Å²) in [6, 6.07) is 5.19. The number of pyridine rings is 1. The molecule has 3 rings (SSSR count). The second kappa shape index (κ2) is 8.16. The summed E-state index contributed by atoms with van der Waals surface area (Å²) in [5, 5.41) is 7.23. The minimum atomic E-state index is -0.369. The normalized spacial score (nSPS) is 15.9. The van der Waals surface area contributed by atoms with Crippen LogP contribution >= 0.6 is 0 Å². The Kier molecular flexibility index (Phi) is 5.69. The van der Waals surface area contributed by atoms with Crippen molar-refractivity contribution in [3.05, 3.63) is 52.7 Å². The summed E-state index contributed by atoms with van der Waals surface area (Å²) < 4.78 is 5.85. The van der Waals surface area contributed by atoms with Crippen LogP contribution in [0.3, 0.4) is 0 Å². The van der Waals surface area contributed by atoms with Crippen LogP contribution in [0.25, 0.3) is 0 Å². The summed E-state index contributed by atoms with van der Waals surface area (Å²) in [6.45, 7) is 5.82. The molecule has 7 nitrogen and oxygen atoms in total. The number of hydrogen-bond donors (Lipinski definition) is 2. The molecule has 2 amide bonds. The molecule has 2 aromatic rings. The summed E-state index contributed by atoms with van der Waals surface area (Å²) >= 11 is 0. The zero-order chi connectivity index (χ0) is 19.4. The van der Waals surface area contributed by atoms with Crippen molar-refractivity contribution in [3.63, 3.8) is 0 Å². The minimum Gasteiger partial charge on any atom is -0.455 e. The van der Waals surface area contributed by atoms with Crippen molar-refractivity contribution in [1.82, 2.24) is 15.7 Å². The highest BCUT2D eigenvalue weighted by molar-refractivity contribution is 6.07.